The molecule has 2 aromatic heterocycles. The number of carbonyl (C=O) groups is 1. The first-order valence-electron chi connectivity index (χ1n) is 9.28. The van der Waals surface area contributed by atoms with Crippen molar-refractivity contribution in [2.45, 2.75) is 32.6 Å². The molecule has 2 heterocycles. The lowest BCUT2D eigenvalue weighted by atomic mass is 10.1. The number of nitrogens with zero attached hydrogens (tertiary/aromatic N) is 2. The van der Waals surface area contributed by atoms with E-state index in [1.165, 1.54) is 0 Å². The van der Waals surface area contributed by atoms with Gasteiger partial charge in [-0.05, 0) is 18.6 Å². The number of ether oxygens (including phenoxy) is 2. The maximum atomic E-state index is 11.3. The highest BCUT2D eigenvalue weighted by Crippen LogP contribution is 2.30. The van der Waals surface area contributed by atoms with E-state index in [4.69, 9.17) is 9.47 Å². The number of hydrogen-bond acceptors (Lipinski definition) is 5. The summed E-state index contributed by atoms with van der Waals surface area (Å²) in [4.78, 5) is 23.6. The number of ketones is 1. The lowest BCUT2D eigenvalue weighted by molar-refractivity contribution is -0.119. The van der Waals surface area contributed by atoms with Crippen LogP contribution in [0.25, 0.3) is 22.2 Å². The number of hydrogen-bond donors (Lipinski definition) is 1. The van der Waals surface area contributed by atoms with Gasteiger partial charge >= 0.3 is 0 Å². The third-order valence-corrected chi connectivity index (χ3v) is 4.42. The Balaban J connectivity index is 1.60. The number of nitrogens with one attached hydrogen (secondary N) is 1. The van der Waals surface area contributed by atoms with Crippen molar-refractivity contribution in [3.8, 4) is 17.1 Å². The van der Waals surface area contributed by atoms with Gasteiger partial charge in [0.05, 0.1) is 36.7 Å². The van der Waals surface area contributed by atoms with E-state index in [-0.39, 0.29) is 5.78 Å². The van der Waals surface area contributed by atoms with E-state index in [1.54, 1.807) is 13.3 Å². The average Bonchev–Trinajstić information content (AvgIpc) is 3.18. The van der Waals surface area contributed by atoms with Gasteiger partial charge in [-0.25, -0.2) is 9.97 Å². The maximum Gasteiger partial charge on any atom is 0.223 e. The summed E-state index contributed by atoms with van der Waals surface area (Å²) < 4.78 is 11.1. The molecule has 27 heavy (non-hydrogen) atoms. The van der Waals surface area contributed by atoms with Crippen LogP contribution in [0.1, 0.15) is 32.0 Å². The predicted octanol–water partition coefficient (Wildman–Crippen LogP) is 3.95. The van der Waals surface area contributed by atoms with Crippen LogP contribution in [0.15, 0.2) is 36.5 Å². The summed E-state index contributed by atoms with van der Waals surface area (Å²) in [6, 6.07) is 10.00. The van der Waals surface area contributed by atoms with Crippen molar-refractivity contribution in [1.82, 2.24) is 15.0 Å². The normalized spacial score (nSPS) is 11.0. The number of fused-ring (bicyclic) bond motifs is 1. The smallest absolute Gasteiger partial charge is 0.223 e. The lowest BCUT2D eigenvalue weighted by Crippen LogP contribution is -2.04. The van der Waals surface area contributed by atoms with E-state index in [1.807, 2.05) is 31.2 Å². The van der Waals surface area contributed by atoms with E-state index in [0.717, 1.165) is 34.4 Å². The molecule has 0 aliphatic carbocycles. The molecule has 0 aliphatic heterocycles. The van der Waals surface area contributed by atoms with Crippen molar-refractivity contribution in [2.24, 2.45) is 0 Å². The van der Waals surface area contributed by atoms with Crippen molar-refractivity contribution in [3.05, 3.63) is 42.4 Å². The molecule has 0 saturated carbocycles. The van der Waals surface area contributed by atoms with Gasteiger partial charge in [0, 0.05) is 31.3 Å². The minimum atomic E-state index is 0.284. The summed E-state index contributed by atoms with van der Waals surface area (Å²) in [5.41, 5.74) is 2.65. The molecular formula is C21H25N3O3. The topological polar surface area (TPSA) is 77.1 Å². The molecular weight excluding hydrogens is 342 g/mol. The van der Waals surface area contributed by atoms with Gasteiger partial charge in [-0.1, -0.05) is 25.1 Å². The number of aromatic nitrogens is 3. The number of Topliss-reactive ketones (excluding diaryl/α,β-unsaturated/α-hetero) is 1. The lowest BCUT2D eigenvalue weighted by Gasteiger charge is -2.08. The number of methoxy groups -OCH3 is 1. The molecule has 0 spiro atoms. The Hall–Kier alpha value is -2.73. The standard InChI is InChI=1S/C21H25N3O3/c1-3-16(25)8-6-11-27-12-10-20-22-14-19(23-20)17-13-15-7-4-5-9-18(15)24-21(17)26-2/h4-5,7,9,13-14H,3,6,8,10-12H2,1-2H3,(H,22,23). The van der Waals surface area contributed by atoms with Gasteiger partial charge in [-0.15, -0.1) is 0 Å². The highest BCUT2D eigenvalue weighted by molar-refractivity contribution is 5.85. The fraction of sp³-hybridized carbons (Fsp3) is 0.381. The number of carbonyl (C=O) groups excluding carboxylic acids is 1. The molecule has 0 amide bonds. The molecule has 0 aliphatic rings. The Morgan fingerprint density at radius 3 is 2.89 bits per heavy atom. The molecule has 0 unspecified atom stereocenters. The summed E-state index contributed by atoms with van der Waals surface area (Å²) in [6.07, 6.45) is 4.45. The second kappa shape index (κ2) is 9.28. The Morgan fingerprint density at radius 2 is 2.07 bits per heavy atom. The molecule has 0 radical (unpaired) electrons. The van der Waals surface area contributed by atoms with Crippen molar-refractivity contribution < 1.29 is 14.3 Å². The Morgan fingerprint density at radius 1 is 1.22 bits per heavy atom. The quantitative estimate of drug-likeness (QED) is 0.549. The van der Waals surface area contributed by atoms with Gasteiger partial charge in [0.2, 0.25) is 5.88 Å². The fourth-order valence-electron chi connectivity index (χ4n) is 2.89. The zero-order chi connectivity index (χ0) is 19.1. The molecule has 6 nitrogen and oxygen atoms in total. The van der Waals surface area contributed by atoms with Gasteiger partial charge in [-0.3, -0.25) is 4.79 Å². The first-order chi connectivity index (χ1) is 13.2. The molecule has 0 atom stereocenters. The molecule has 3 aromatic rings. The van der Waals surface area contributed by atoms with Crippen molar-refractivity contribution in [2.75, 3.05) is 20.3 Å². The van der Waals surface area contributed by atoms with E-state index < -0.39 is 0 Å². The summed E-state index contributed by atoms with van der Waals surface area (Å²) in [5.74, 6) is 1.71. The van der Waals surface area contributed by atoms with Crippen LogP contribution in [0.3, 0.4) is 0 Å². The first kappa shape index (κ1) is 19.0. The zero-order valence-electron chi connectivity index (χ0n) is 15.8. The second-order valence-corrected chi connectivity index (χ2v) is 6.34. The third kappa shape index (κ3) is 4.92. The monoisotopic (exact) mass is 367 g/mol. The summed E-state index contributed by atoms with van der Waals surface area (Å²) in [6.45, 7) is 3.06. The minimum absolute atomic E-state index is 0.284. The van der Waals surface area contributed by atoms with Crippen molar-refractivity contribution in [1.29, 1.82) is 0 Å². The maximum absolute atomic E-state index is 11.3. The Labute approximate surface area is 158 Å². The van der Waals surface area contributed by atoms with Crippen LogP contribution in [0.5, 0.6) is 5.88 Å². The average molecular weight is 367 g/mol. The number of H-pyrrole nitrogens is 1. The summed E-state index contributed by atoms with van der Waals surface area (Å²) in [7, 11) is 1.62. The minimum Gasteiger partial charge on any atom is -0.480 e. The first-order valence-corrected chi connectivity index (χ1v) is 9.28. The molecule has 142 valence electrons. The second-order valence-electron chi connectivity index (χ2n) is 6.34. The van der Waals surface area contributed by atoms with E-state index in [0.29, 0.717) is 38.4 Å². The Bertz CT molecular complexity index is 905. The van der Waals surface area contributed by atoms with E-state index in [9.17, 15) is 4.79 Å². The third-order valence-electron chi connectivity index (χ3n) is 4.42. The molecule has 0 bridgehead atoms. The fourth-order valence-corrected chi connectivity index (χ4v) is 2.89. The van der Waals surface area contributed by atoms with Crippen LogP contribution < -0.4 is 4.74 Å². The molecule has 0 fully saturated rings. The zero-order valence-corrected chi connectivity index (χ0v) is 15.8. The number of rotatable bonds is 10. The van der Waals surface area contributed by atoms with E-state index >= 15 is 0 Å². The van der Waals surface area contributed by atoms with Crippen molar-refractivity contribution >= 4 is 16.7 Å². The van der Waals surface area contributed by atoms with Crippen LogP contribution in [0.4, 0.5) is 0 Å². The summed E-state index contributed by atoms with van der Waals surface area (Å²) in [5, 5.41) is 1.05. The molecule has 1 N–H and O–H groups in total. The predicted molar refractivity (Wildman–Crippen MR) is 105 cm³/mol. The van der Waals surface area contributed by atoms with Gasteiger partial charge < -0.3 is 14.5 Å². The number of aromatic amines is 1. The van der Waals surface area contributed by atoms with Crippen LogP contribution >= 0.6 is 0 Å². The SMILES string of the molecule is CCC(=O)CCCOCCc1ncc(-c2cc3ccccc3nc2OC)[nH]1. The molecule has 1 aromatic carbocycles. The van der Waals surface area contributed by atoms with E-state index in [2.05, 4.69) is 21.0 Å². The van der Waals surface area contributed by atoms with Crippen LogP contribution in [0, 0.1) is 0 Å². The number of imidazole rings is 1. The number of para-hydroxylation sites is 1. The van der Waals surface area contributed by atoms with Gasteiger partial charge in [0.1, 0.15) is 11.6 Å². The number of pyridine rings is 1. The summed E-state index contributed by atoms with van der Waals surface area (Å²) >= 11 is 0. The molecule has 6 heteroatoms. The Kier molecular flexibility index (Phi) is 6.54. The van der Waals surface area contributed by atoms with Gasteiger partial charge in [0.25, 0.3) is 0 Å². The molecule has 3 rings (SSSR count). The van der Waals surface area contributed by atoms with Gasteiger partial charge in [-0.2, -0.15) is 0 Å². The van der Waals surface area contributed by atoms with Crippen LogP contribution in [-0.4, -0.2) is 41.1 Å². The number of benzene rings is 1. The highest BCUT2D eigenvalue weighted by atomic mass is 16.5. The van der Waals surface area contributed by atoms with Crippen LogP contribution in [-0.2, 0) is 16.0 Å². The molecule has 0 saturated heterocycles. The van der Waals surface area contributed by atoms with Gasteiger partial charge in [0.15, 0.2) is 0 Å². The van der Waals surface area contributed by atoms with Crippen LogP contribution in [0.2, 0.25) is 0 Å². The largest absolute Gasteiger partial charge is 0.480 e. The highest BCUT2D eigenvalue weighted by Gasteiger charge is 2.12. The van der Waals surface area contributed by atoms with Crippen molar-refractivity contribution in [3.63, 3.8) is 0 Å².